The van der Waals surface area contributed by atoms with Crippen molar-refractivity contribution in [2.45, 2.75) is 18.9 Å². The van der Waals surface area contributed by atoms with Crippen LogP contribution < -0.4 is 15.5 Å². The summed E-state index contributed by atoms with van der Waals surface area (Å²) in [6, 6.07) is 12.2. The minimum atomic E-state index is -0.191. The number of aryl methyl sites for hydroxylation is 1. The highest BCUT2D eigenvalue weighted by molar-refractivity contribution is 6.00. The minimum absolute atomic E-state index is 0.0392. The van der Waals surface area contributed by atoms with Crippen LogP contribution in [-0.4, -0.2) is 42.5 Å². The van der Waals surface area contributed by atoms with Crippen LogP contribution in [0.25, 0.3) is 10.9 Å². The molecule has 28 heavy (non-hydrogen) atoms. The number of benzene rings is 2. The van der Waals surface area contributed by atoms with E-state index in [4.69, 9.17) is 4.74 Å². The van der Waals surface area contributed by atoms with E-state index in [1.807, 2.05) is 18.2 Å². The van der Waals surface area contributed by atoms with Crippen LogP contribution in [0.2, 0.25) is 0 Å². The lowest BCUT2D eigenvalue weighted by Crippen LogP contribution is -2.36. The molecule has 3 N–H and O–H groups in total. The predicted molar refractivity (Wildman–Crippen MR) is 109 cm³/mol. The molecule has 0 radical (unpaired) electrons. The first-order valence-electron chi connectivity index (χ1n) is 9.73. The van der Waals surface area contributed by atoms with Gasteiger partial charge in [0.25, 0.3) is 0 Å². The maximum absolute atomic E-state index is 12.6. The minimum Gasteiger partial charge on any atom is -0.378 e. The highest BCUT2D eigenvalue weighted by Crippen LogP contribution is 2.34. The van der Waals surface area contributed by atoms with Crippen LogP contribution in [-0.2, 0) is 11.2 Å². The number of nitrogens with one attached hydrogen (secondary N) is 3. The molecule has 1 atom stereocenters. The van der Waals surface area contributed by atoms with Crippen molar-refractivity contribution in [3.63, 3.8) is 0 Å². The van der Waals surface area contributed by atoms with E-state index in [0.717, 1.165) is 55.7 Å². The van der Waals surface area contributed by atoms with Gasteiger partial charge in [0.2, 0.25) is 0 Å². The Balaban J connectivity index is 1.28. The van der Waals surface area contributed by atoms with Gasteiger partial charge in [0.15, 0.2) is 0 Å². The largest absolute Gasteiger partial charge is 0.378 e. The normalized spacial score (nSPS) is 18.9. The fourth-order valence-corrected chi connectivity index (χ4v) is 4.17. The molecule has 5 rings (SSSR count). The number of anilines is 2. The third-order valence-electron chi connectivity index (χ3n) is 5.62. The van der Waals surface area contributed by atoms with Gasteiger partial charge in [-0.05, 0) is 48.2 Å². The maximum atomic E-state index is 12.6. The van der Waals surface area contributed by atoms with E-state index in [1.165, 1.54) is 16.8 Å². The molecule has 0 bridgehead atoms. The average Bonchev–Trinajstić information content (AvgIpc) is 3.36. The van der Waals surface area contributed by atoms with Gasteiger partial charge in [0.05, 0.1) is 36.7 Å². The number of rotatable bonds is 3. The first-order chi connectivity index (χ1) is 13.8. The Hall–Kier alpha value is -3.06. The molecule has 144 valence electrons. The molecule has 2 aliphatic rings. The number of aromatic amines is 1. The Morgan fingerprint density at radius 3 is 3.00 bits per heavy atom. The molecule has 0 saturated carbocycles. The van der Waals surface area contributed by atoms with Crippen molar-refractivity contribution < 1.29 is 9.53 Å². The molecule has 2 aromatic carbocycles. The van der Waals surface area contributed by atoms with Crippen LogP contribution in [0.3, 0.4) is 0 Å². The molecule has 1 aliphatic heterocycles. The number of urea groups is 1. The zero-order chi connectivity index (χ0) is 18.9. The summed E-state index contributed by atoms with van der Waals surface area (Å²) in [6.07, 6.45) is 3.63. The van der Waals surface area contributed by atoms with Gasteiger partial charge in [-0.3, -0.25) is 5.10 Å². The molecule has 2 amide bonds. The summed E-state index contributed by atoms with van der Waals surface area (Å²) in [5.74, 6) is 0. The third kappa shape index (κ3) is 3.18. The van der Waals surface area contributed by atoms with Crippen molar-refractivity contribution in [1.82, 2.24) is 15.5 Å². The number of ether oxygens (including phenoxy) is 1. The average molecular weight is 377 g/mol. The van der Waals surface area contributed by atoms with Crippen molar-refractivity contribution in [3.05, 3.63) is 53.7 Å². The lowest BCUT2D eigenvalue weighted by Gasteiger charge is -2.29. The van der Waals surface area contributed by atoms with Crippen LogP contribution in [0, 0.1) is 0 Å². The number of amides is 2. The first-order valence-corrected chi connectivity index (χ1v) is 9.73. The van der Waals surface area contributed by atoms with Crippen molar-refractivity contribution in [1.29, 1.82) is 0 Å². The summed E-state index contributed by atoms with van der Waals surface area (Å²) in [6.45, 7) is 3.43. The number of carbonyl (C=O) groups excluding carboxylic acids is 1. The topological polar surface area (TPSA) is 82.3 Å². The van der Waals surface area contributed by atoms with Crippen LogP contribution >= 0.6 is 0 Å². The van der Waals surface area contributed by atoms with Gasteiger partial charge in [0, 0.05) is 24.2 Å². The number of hydrogen-bond donors (Lipinski definition) is 3. The Kier molecular flexibility index (Phi) is 4.37. The number of hydrogen-bond acceptors (Lipinski definition) is 4. The van der Waals surface area contributed by atoms with Gasteiger partial charge >= 0.3 is 6.03 Å². The maximum Gasteiger partial charge on any atom is 0.319 e. The summed E-state index contributed by atoms with van der Waals surface area (Å²) in [5, 5.41) is 13.9. The molecule has 1 saturated heterocycles. The van der Waals surface area contributed by atoms with Crippen molar-refractivity contribution >= 4 is 28.3 Å². The fourth-order valence-electron chi connectivity index (χ4n) is 4.17. The predicted octanol–water partition coefficient (Wildman–Crippen LogP) is 3.21. The molecule has 1 aliphatic carbocycles. The number of morpholine rings is 1. The van der Waals surface area contributed by atoms with E-state index >= 15 is 0 Å². The van der Waals surface area contributed by atoms with Crippen LogP contribution in [0.1, 0.15) is 23.6 Å². The molecule has 2 heterocycles. The fraction of sp³-hybridized carbons (Fsp3) is 0.333. The lowest BCUT2D eigenvalue weighted by molar-refractivity contribution is 0.122. The second kappa shape index (κ2) is 7.16. The Bertz CT molecular complexity index is 1010. The zero-order valence-corrected chi connectivity index (χ0v) is 15.6. The van der Waals surface area contributed by atoms with Gasteiger partial charge in [-0.2, -0.15) is 5.10 Å². The number of carbonyl (C=O) groups is 1. The molecular formula is C21H23N5O2. The Labute approximate surface area is 163 Å². The van der Waals surface area contributed by atoms with Crippen molar-refractivity contribution in [2.24, 2.45) is 0 Å². The highest BCUT2D eigenvalue weighted by Gasteiger charge is 2.25. The van der Waals surface area contributed by atoms with E-state index < -0.39 is 0 Å². The quantitative estimate of drug-likeness (QED) is 0.655. The molecule has 1 unspecified atom stereocenters. The molecule has 0 spiro atoms. The second-order valence-electron chi connectivity index (χ2n) is 7.31. The molecule has 1 aromatic heterocycles. The summed E-state index contributed by atoms with van der Waals surface area (Å²) in [5.41, 5.74) is 5.45. The molecule has 1 fully saturated rings. The van der Waals surface area contributed by atoms with Gasteiger partial charge < -0.3 is 20.3 Å². The highest BCUT2D eigenvalue weighted by atomic mass is 16.5. The van der Waals surface area contributed by atoms with Gasteiger partial charge in [-0.25, -0.2) is 4.79 Å². The first kappa shape index (κ1) is 17.1. The standard InChI is InChI=1S/C21H23N5O2/c27-21(23-18-2-1-3-20-17(18)13-22-25-20)24-19-7-4-14-12-15(5-6-16(14)19)26-8-10-28-11-9-26/h1-3,5-6,12-13,19H,4,7-11H2,(H,22,25)(H2,23,24,27). The molecule has 3 aromatic rings. The van der Waals surface area contributed by atoms with E-state index in [-0.39, 0.29) is 12.1 Å². The number of H-pyrrole nitrogens is 1. The number of nitrogens with zero attached hydrogens (tertiary/aromatic N) is 2. The van der Waals surface area contributed by atoms with Gasteiger partial charge in [0.1, 0.15) is 0 Å². The Morgan fingerprint density at radius 2 is 2.11 bits per heavy atom. The number of fused-ring (bicyclic) bond motifs is 2. The van der Waals surface area contributed by atoms with Gasteiger partial charge in [-0.1, -0.05) is 12.1 Å². The van der Waals surface area contributed by atoms with Crippen molar-refractivity contribution in [2.75, 3.05) is 36.5 Å². The van der Waals surface area contributed by atoms with E-state index in [2.05, 4.69) is 43.9 Å². The summed E-state index contributed by atoms with van der Waals surface area (Å²) < 4.78 is 5.44. The summed E-state index contributed by atoms with van der Waals surface area (Å²) in [7, 11) is 0. The second-order valence-corrected chi connectivity index (χ2v) is 7.31. The van der Waals surface area contributed by atoms with Gasteiger partial charge in [-0.15, -0.1) is 0 Å². The lowest BCUT2D eigenvalue weighted by atomic mass is 10.1. The van der Waals surface area contributed by atoms with Crippen molar-refractivity contribution in [3.8, 4) is 0 Å². The summed E-state index contributed by atoms with van der Waals surface area (Å²) in [4.78, 5) is 14.9. The van der Waals surface area contributed by atoms with E-state index in [0.29, 0.717) is 0 Å². The smallest absolute Gasteiger partial charge is 0.319 e. The van der Waals surface area contributed by atoms with Crippen LogP contribution in [0.5, 0.6) is 0 Å². The van der Waals surface area contributed by atoms with Crippen LogP contribution in [0.15, 0.2) is 42.6 Å². The number of aromatic nitrogens is 2. The molecule has 7 nitrogen and oxygen atoms in total. The zero-order valence-electron chi connectivity index (χ0n) is 15.6. The van der Waals surface area contributed by atoms with E-state index in [9.17, 15) is 4.79 Å². The van der Waals surface area contributed by atoms with E-state index in [1.54, 1.807) is 6.20 Å². The Morgan fingerprint density at radius 1 is 1.21 bits per heavy atom. The monoisotopic (exact) mass is 377 g/mol. The van der Waals surface area contributed by atoms with Crippen LogP contribution in [0.4, 0.5) is 16.2 Å². The SMILES string of the molecule is O=C(Nc1cccc2[nH]ncc12)NC1CCc2cc(N3CCOCC3)ccc21. The molecule has 7 heteroatoms. The summed E-state index contributed by atoms with van der Waals surface area (Å²) >= 11 is 0. The third-order valence-corrected chi connectivity index (χ3v) is 5.62. The molecular weight excluding hydrogens is 354 g/mol.